The highest BCUT2D eigenvalue weighted by Crippen LogP contribution is 2.24. The molecule has 0 saturated heterocycles. The second-order valence-corrected chi connectivity index (χ2v) is 7.57. The first kappa shape index (κ1) is 13.6. The summed E-state index contributed by atoms with van der Waals surface area (Å²) in [6, 6.07) is 4.18. The maximum absolute atomic E-state index is 12.0. The Bertz CT molecular complexity index is 352. The van der Waals surface area contributed by atoms with Crippen LogP contribution in [0.25, 0.3) is 0 Å². The van der Waals surface area contributed by atoms with Crippen LogP contribution in [0.3, 0.4) is 0 Å². The molecule has 16 heavy (non-hydrogen) atoms. The lowest BCUT2D eigenvalue weighted by Crippen LogP contribution is -2.35. The van der Waals surface area contributed by atoms with Crippen molar-refractivity contribution in [3.63, 3.8) is 0 Å². The summed E-state index contributed by atoms with van der Waals surface area (Å²) in [5.41, 5.74) is 0. The Kier molecular flexibility index (Phi) is 4.89. The number of thiophene rings is 1. The minimum atomic E-state index is -1.04. The van der Waals surface area contributed by atoms with E-state index in [2.05, 4.69) is 17.4 Å². The zero-order valence-corrected chi connectivity index (χ0v) is 11.7. The molecule has 2 nitrogen and oxygen atoms in total. The second kappa shape index (κ2) is 5.75. The van der Waals surface area contributed by atoms with Gasteiger partial charge in [-0.05, 0) is 38.6 Å². The number of hydrogen-bond acceptors (Lipinski definition) is 2. The number of hydrogen-bond donors (Lipinski definition) is 1. The van der Waals surface area contributed by atoms with Crippen molar-refractivity contribution in [2.24, 2.45) is 0 Å². The molecule has 90 valence electrons. The first-order valence-electron chi connectivity index (χ1n) is 5.27. The lowest BCUT2D eigenvalue weighted by Gasteiger charge is -2.22. The van der Waals surface area contributed by atoms with Crippen LogP contribution in [0.2, 0.25) is 0 Å². The quantitative estimate of drug-likeness (QED) is 0.805. The smallest absolute Gasteiger partial charge is 0.0976 e. The Hall–Kier alpha value is -0.450. The molecule has 0 bridgehead atoms. The van der Waals surface area contributed by atoms with Gasteiger partial charge in [-0.1, -0.05) is 12.1 Å². The van der Waals surface area contributed by atoms with Crippen molar-refractivity contribution in [1.29, 1.82) is 0 Å². The van der Waals surface area contributed by atoms with Crippen molar-refractivity contribution >= 4 is 22.3 Å². The van der Waals surface area contributed by atoms with Crippen LogP contribution in [0.1, 0.15) is 38.1 Å². The average Bonchev–Trinajstić information content (AvgIpc) is 2.68. The minimum absolute atomic E-state index is 0.109. The third-order valence-electron chi connectivity index (χ3n) is 2.09. The summed E-state index contributed by atoms with van der Waals surface area (Å²) < 4.78 is 14.9. The Morgan fingerprint density at radius 3 is 2.75 bits per heavy atom. The summed E-state index contributed by atoms with van der Waals surface area (Å²) in [5.74, 6) is 0. The molecule has 0 spiro atoms. The molecular weight excluding hydrogens is 238 g/mol. The Morgan fingerprint density at radius 2 is 2.31 bits per heavy atom. The molecule has 0 radical (unpaired) electrons. The van der Waals surface area contributed by atoms with Crippen molar-refractivity contribution in [2.75, 3.05) is 0 Å². The van der Waals surface area contributed by atoms with Gasteiger partial charge in [-0.3, -0.25) is 0 Å². The minimum Gasteiger partial charge on any atom is -0.242 e. The summed E-state index contributed by atoms with van der Waals surface area (Å²) in [5, 5.41) is 2.03. The summed E-state index contributed by atoms with van der Waals surface area (Å²) in [6.45, 7) is 9.65. The van der Waals surface area contributed by atoms with Crippen LogP contribution in [-0.2, 0) is 11.0 Å². The van der Waals surface area contributed by atoms with E-state index in [0.717, 1.165) is 6.42 Å². The molecule has 0 aliphatic rings. The normalized spacial score (nSPS) is 15.7. The van der Waals surface area contributed by atoms with E-state index in [9.17, 15) is 4.21 Å². The van der Waals surface area contributed by atoms with Gasteiger partial charge in [-0.2, -0.15) is 0 Å². The predicted molar refractivity (Wildman–Crippen MR) is 72.9 cm³/mol. The largest absolute Gasteiger partial charge is 0.242 e. The van der Waals surface area contributed by atoms with Gasteiger partial charge in [-0.25, -0.2) is 8.93 Å². The lowest BCUT2D eigenvalue weighted by atomic mass is 10.2. The van der Waals surface area contributed by atoms with Gasteiger partial charge in [0.25, 0.3) is 0 Å². The molecule has 0 aliphatic carbocycles. The molecule has 4 heteroatoms. The van der Waals surface area contributed by atoms with Crippen molar-refractivity contribution < 1.29 is 4.21 Å². The lowest BCUT2D eigenvalue weighted by molar-refractivity contribution is 0.605. The molecule has 1 heterocycles. The monoisotopic (exact) mass is 257 g/mol. The Labute approximate surface area is 104 Å². The van der Waals surface area contributed by atoms with Gasteiger partial charge in [0.15, 0.2) is 0 Å². The van der Waals surface area contributed by atoms with Crippen LogP contribution in [0.4, 0.5) is 0 Å². The van der Waals surface area contributed by atoms with Gasteiger partial charge in [-0.15, -0.1) is 17.9 Å². The van der Waals surface area contributed by atoms with E-state index in [-0.39, 0.29) is 10.8 Å². The highest BCUT2D eigenvalue weighted by Gasteiger charge is 2.23. The molecule has 0 aliphatic heterocycles. The van der Waals surface area contributed by atoms with Gasteiger partial charge in [0, 0.05) is 4.88 Å². The first-order chi connectivity index (χ1) is 7.45. The highest BCUT2D eigenvalue weighted by atomic mass is 32.2. The van der Waals surface area contributed by atoms with E-state index in [0.29, 0.717) is 0 Å². The third-order valence-corrected chi connectivity index (χ3v) is 4.69. The molecule has 0 unspecified atom stereocenters. The zero-order chi connectivity index (χ0) is 12.2. The fraction of sp³-hybridized carbons (Fsp3) is 0.500. The first-order valence-corrected chi connectivity index (χ1v) is 7.30. The van der Waals surface area contributed by atoms with Crippen molar-refractivity contribution in [2.45, 2.75) is 38.0 Å². The van der Waals surface area contributed by atoms with Crippen LogP contribution < -0.4 is 4.72 Å². The van der Waals surface area contributed by atoms with Crippen LogP contribution in [0.15, 0.2) is 30.2 Å². The molecule has 0 fully saturated rings. The molecule has 0 amide bonds. The van der Waals surface area contributed by atoms with E-state index >= 15 is 0 Å². The number of rotatable bonds is 5. The molecule has 0 aromatic carbocycles. The Balaban J connectivity index is 2.73. The molecule has 2 atom stereocenters. The molecule has 1 aromatic heterocycles. The van der Waals surface area contributed by atoms with Crippen molar-refractivity contribution in [3.05, 3.63) is 35.0 Å². The summed E-state index contributed by atoms with van der Waals surface area (Å²) in [6.07, 6.45) is 2.65. The van der Waals surface area contributed by atoms with Gasteiger partial charge < -0.3 is 0 Å². The van der Waals surface area contributed by atoms with E-state index in [1.54, 1.807) is 11.3 Å². The molecule has 1 rings (SSSR count). The average molecular weight is 257 g/mol. The second-order valence-electron chi connectivity index (χ2n) is 4.59. The van der Waals surface area contributed by atoms with Crippen molar-refractivity contribution in [1.82, 2.24) is 4.72 Å². The fourth-order valence-corrected chi connectivity index (χ4v) is 2.89. The molecule has 1 N–H and O–H groups in total. The molecular formula is C12H19NOS2. The third kappa shape index (κ3) is 3.85. The van der Waals surface area contributed by atoms with Gasteiger partial charge >= 0.3 is 0 Å². The van der Waals surface area contributed by atoms with Gasteiger partial charge in [0.05, 0.1) is 21.8 Å². The van der Waals surface area contributed by atoms with E-state index in [1.165, 1.54) is 4.88 Å². The summed E-state index contributed by atoms with van der Waals surface area (Å²) >= 11 is 1.68. The van der Waals surface area contributed by atoms with Crippen molar-refractivity contribution in [3.8, 4) is 0 Å². The topological polar surface area (TPSA) is 29.1 Å². The fourth-order valence-electron chi connectivity index (χ4n) is 1.18. The van der Waals surface area contributed by atoms with Crippen LogP contribution in [0, 0.1) is 0 Å². The predicted octanol–water partition coefficient (Wildman–Crippen LogP) is 3.42. The van der Waals surface area contributed by atoms with E-state index in [4.69, 9.17) is 0 Å². The molecule has 1 aromatic rings. The summed E-state index contributed by atoms with van der Waals surface area (Å²) in [7, 11) is -1.04. The maximum atomic E-state index is 12.0. The number of nitrogens with one attached hydrogen (secondary N) is 1. The van der Waals surface area contributed by atoms with Crippen LogP contribution >= 0.6 is 11.3 Å². The van der Waals surface area contributed by atoms with E-state index in [1.807, 2.05) is 38.3 Å². The Morgan fingerprint density at radius 1 is 1.62 bits per heavy atom. The summed E-state index contributed by atoms with van der Waals surface area (Å²) in [4.78, 5) is 1.21. The zero-order valence-electron chi connectivity index (χ0n) is 10.0. The molecule has 0 saturated carbocycles. The standard InChI is InChI=1S/C12H19NOS2/c1-5-7-10(11-8-6-9-15-11)13-16(14)12(2,3)4/h5-6,8-10,13H,1,7H2,2-4H3/t10-,16+/m0/s1. The SMILES string of the molecule is C=CC[C@H](N[S@](=O)C(C)(C)C)c1cccs1. The van der Waals surface area contributed by atoms with Crippen LogP contribution in [-0.4, -0.2) is 8.96 Å². The van der Waals surface area contributed by atoms with Crippen LogP contribution in [0.5, 0.6) is 0 Å². The van der Waals surface area contributed by atoms with Gasteiger partial charge in [0.2, 0.25) is 0 Å². The van der Waals surface area contributed by atoms with Gasteiger partial charge in [0.1, 0.15) is 0 Å². The van der Waals surface area contributed by atoms with E-state index < -0.39 is 11.0 Å². The highest BCUT2D eigenvalue weighted by molar-refractivity contribution is 7.84. The maximum Gasteiger partial charge on any atom is 0.0976 e.